The maximum Gasteiger partial charge on any atom is 0.250 e. The minimum atomic E-state index is -2.39. The molecule has 0 atom stereocenters. The van der Waals surface area contributed by atoms with Gasteiger partial charge >= 0.3 is 0 Å². The Bertz CT molecular complexity index is 361. The third-order valence-electron chi connectivity index (χ3n) is 2.42. The molecule has 1 rings (SSSR count). The highest BCUT2D eigenvalue weighted by molar-refractivity contribution is 5.50. The van der Waals surface area contributed by atoms with Gasteiger partial charge in [-0.3, -0.25) is 0 Å². The topological polar surface area (TPSA) is 39.7 Å². The SMILES string of the molecule is COc1cc(OC)c(CNCC(F)F)c(OC)c1. The summed E-state index contributed by atoms with van der Waals surface area (Å²) in [4.78, 5) is 0. The molecule has 1 aromatic rings. The van der Waals surface area contributed by atoms with Crippen LogP contribution in [0.1, 0.15) is 5.56 Å². The fourth-order valence-corrected chi connectivity index (χ4v) is 1.56. The third-order valence-corrected chi connectivity index (χ3v) is 2.42. The van der Waals surface area contributed by atoms with Crippen molar-refractivity contribution in [1.29, 1.82) is 0 Å². The van der Waals surface area contributed by atoms with Gasteiger partial charge in [0.25, 0.3) is 6.43 Å². The van der Waals surface area contributed by atoms with Crippen LogP contribution in [0.15, 0.2) is 12.1 Å². The summed E-state index contributed by atoms with van der Waals surface area (Å²) in [6, 6.07) is 3.36. The molecular formula is C12H17F2NO3. The highest BCUT2D eigenvalue weighted by Crippen LogP contribution is 2.33. The van der Waals surface area contributed by atoms with Crippen LogP contribution in [0.5, 0.6) is 17.2 Å². The third kappa shape index (κ3) is 3.73. The molecule has 18 heavy (non-hydrogen) atoms. The van der Waals surface area contributed by atoms with E-state index in [0.29, 0.717) is 22.8 Å². The van der Waals surface area contributed by atoms with Crippen molar-refractivity contribution in [2.75, 3.05) is 27.9 Å². The summed E-state index contributed by atoms with van der Waals surface area (Å²) in [5.74, 6) is 1.65. The average Bonchev–Trinajstić information content (AvgIpc) is 2.37. The molecule has 0 radical (unpaired) electrons. The van der Waals surface area contributed by atoms with Gasteiger partial charge in [0.1, 0.15) is 17.2 Å². The van der Waals surface area contributed by atoms with E-state index in [-0.39, 0.29) is 13.1 Å². The summed E-state index contributed by atoms with van der Waals surface area (Å²) >= 11 is 0. The van der Waals surface area contributed by atoms with Crippen molar-refractivity contribution >= 4 is 0 Å². The van der Waals surface area contributed by atoms with E-state index in [1.807, 2.05) is 0 Å². The normalized spacial score (nSPS) is 10.6. The lowest BCUT2D eigenvalue weighted by atomic mass is 10.1. The number of hydrogen-bond acceptors (Lipinski definition) is 4. The maximum absolute atomic E-state index is 12.1. The van der Waals surface area contributed by atoms with E-state index in [0.717, 1.165) is 0 Å². The first-order chi connectivity index (χ1) is 8.62. The Hall–Kier alpha value is -1.56. The highest BCUT2D eigenvalue weighted by atomic mass is 19.3. The predicted octanol–water partition coefficient (Wildman–Crippen LogP) is 2.07. The van der Waals surface area contributed by atoms with Crippen LogP contribution in [-0.4, -0.2) is 34.3 Å². The minimum Gasteiger partial charge on any atom is -0.496 e. The van der Waals surface area contributed by atoms with E-state index >= 15 is 0 Å². The number of hydrogen-bond donors (Lipinski definition) is 1. The molecule has 0 heterocycles. The molecule has 0 saturated carbocycles. The van der Waals surface area contributed by atoms with E-state index in [1.165, 1.54) is 21.3 Å². The van der Waals surface area contributed by atoms with E-state index < -0.39 is 6.43 Å². The average molecular weight is 261 g/mol. The second kappa shape index (κ2) is 7.00. The Morgan fingerprint density at radius 1 is 1.06 bits per heavy atom. The lowest BCUT2D eigenvalue weighted by Gasteiger charge is -2.15. The van der Waals surface area contributed by atoms with Crippen LogP contribution in [-0.2, 0) is 6.54 Å². The molecule has 0 spiro atoms. The second-order valence-electron chi connectivity index (χ2n) is 3.53. The van der Waals surface area contributed by atoms with E-state index in [4.69, 9.17) is 14.2 Å². The van der Waals surface area contributed by atoms with Crippen LogP contribution in [0, 0.1) is 0 Å². The predicted molar refractivity (Wildman–Crippen MR) is 63.8 cm³/mol. The van der Waals surface area contributed by atoms with Gasteiger partial charge in [-0.1, -0.05) is 0 Å². The first-order valence-electron chi connectivity index (χ1n) is 5.40. The second-order valence-corrected chi connectivity index (χ2v) is 3.53. The molecule has 4 nitrogen and oxygen atoms in total. The monoisotopic (exact) mass is 261 g/mol. The molecule has 0 amide bonds. The van der Waals surface area contributed by atoms with E-state index in [1.54, 1.807) is 12.1 Å². The van der Waals surface area contributed by atoms with Crippen LogP contribution >= 0.6 is 0 Å². The fraction of sp³-hybridized carbons (Fsp3) is 0.500. The number of halogens is 2. The summed E-state index contributed by atoms with van der Waals surface area (Å²) in [5, 5.41) is 2.64. The van der Waals surface area contributed by atoms with Gasteiger partial charge in [0.2, 0.25) is 0 Å². The van der Waals surface area contributed by atoms with Crippen molar-refractivity contribution in [3.05, 3.63) is 17.7 Å². The van der Waals surface area contributed by atoms with Crippen LogP contribution in [0.4, 0.5) is 8.78 Å². The molecule has 0 aliphatic heterocycles. The molecular weight excluding hydrogens is 244 g/mol. The summed E-state index contributed by atoms with van der Waals surface area (Å²) in [5.41, 5.74) is 0.682. The van der Waals surface area contributed by atoms with Gasteiger partial charge in [-0.15, -0.1) is 0 Å². The number of benzene rings is 1. The van der Waals surface area contributed by atoms with E-state index in [2.05, 4.69) is 5.32 Å². The van der Waals surface area contributed by atoms with Gasteiger partial charge in [0.05, 0.1) is 33.4 Å². The molecule has 0 aliphatic carbocycles. The fourth-order valence-electron chi connectivity index (χ4n) is 1.56. The highest BCUT2D eigenvalue weighted by Gasteiger charge is 2.13. The van der Waals surface area contributed by atoms with Crippen LogP contribution in [0.2, 0.25) is 0 Å². The Kier molecular flexibility index (Phi) is 5.64. The van der Waals surface area contributed by atoms with Gasteiger partial charge < -0.3 is 19.5 Å². The lowest BCUT2D eigenvalue weighted by molar-refractivity contribution is 0.145. The zero-order valence-corrected chi connectivity index (χ0v) is 10.6. The minimum absolute atomic E-state index is 0.237. The number of methoxy groups -OCH3 is 3. The van der Waals surface area contributed by atoms with Crippen molar-refractivity contribution in [3.8, 4) is 17.2 Å². The van der Waals surface area contributed by atoms with Crippen LogP contribution < -0.4 is 19.5 Å². The lowest BCUT2D eigenvalue weighted by Crippen LogP contribution is -2.21. The van der Waals surface area contributed by atoms with Crippen molar-refractivity contribution in [1.82, 2.24) is 5.32 Å². The first kappa shape index (κ1) is 14.5. The van der Waals surface area contributed by atoms with Crippen LogP contribution in [0.3, 0.4) is 0 Å². The Morgan fingerprint density at radius 2 is 1.61 bits per heavy atom. The Balaban J connectivity index is 2.92. The zero-order valence-electron chi connectivity index (χ0n) is 10.6. The van der Waals surface area contributed by atoms with Crippen molar-refractivity contribution in [2.24, 2.45) is 0 Å². The van der Waals surface area contributed by atoms with Crippen molar-refractivity contribution < 1.29 is 23.0 Å². The van der Waals surface area contributed by atoms with Gasteiger partial charge in [-0.05, 0) is 0 Å². The summed E-state index contributed by atoms with van der Waals surface area (Å²) in [6.45, 7) is -0.140. The molecule has 0 bridgehead atoms. The van der Waals surface area contributed by atoms with Gasteiger partial charge in [0, 0.05) is 18.7 Å². The van der Waals surface area contributed by atoms with Crippen LogP contribution in [0.25, 0.3) is 0 Å². The molecule has 102 valence electrons. The Morgan fingerprint density at radius 3 is 2.00 bits per heavy atom. The Labute approximate surface area is 105 Å². The number of alkyl halides is 2. The van der Waals surface area contributed by atoms with Crippen molar-refractivity contribution in [2.45, 2.75) is 13.0 Å². The summed E-state index contributed by atoms with van der Waals surface area (Å²) < 4.78 is 39.6. The molecule has 0 aromatic heterocycles. The van der Waals surface area contributed by atoms with Gasteiger partial charge in [0.15, 0.2) is 0 Å². The number of rotatable bonds is 7. The standard InChI is InChI=1S/C12H17F2NO3/c1-16-8-4-10(17-2)9(11(5-8)18-3)6-15-7-12(13)14/h4-5,12,15H,6-7H2,1-3H3. The van der Waals surface area contributed by atoms with E-state index in [9.17, 15) is 8.78 Å². The number of nitrogens with one attached hydrogen (secondary N) is 1. The summed E-state index contributed by atoms with van der Waals surface area (Å²) in [7, 11) is 4.54. The quantitative estimate of drug-likeness (QED) is 0.815. The first-order valence-corrected chi connectivity index (χ1v) is 5.40. The van der Waals surface area contributed by atoms with Gasteiger partial charge in [-0.25, -0.2) is 8.78 Å². The molecule has 0 unspecified atom stereocenters. The number of ether oxygens (including phenoxy) is 3. The summed E-state index contributed by atoms with van der Waals surface area (Å²) in [6.07, 6.45) is -2.39. The zero-order chi connectivity index (χ0) is 13.5. The smallest absolute Gasteiger partial charge is 0.250 e. The molecule has 0 aliphatic rings. The molecule has 0 fully saturated rings. The van der Waals surface area contributed by atoms with Crippen molar-refractivity contribution in [3.63, 3.8) is 0 Å². The molecule has 1 aromatic carbocycles. The van der Waals surface area contributed by atoms with Gasteiger partial charge in [-0.2, -0.15) is 0 Å². The molecule has 0 saturated heterocycles. The molecule has 1 N–H and O–H groups in total. The largest absolute Gasteiger partial charge is 0.496 e. The maximum atomic E-state index is 12.1. The molecule has 6 heteroatoms.